The Hall–Kier alpha value is -9.60. The maximum absolute atomic E-state index is 12.4. The van der Waals surface area contributed by atoms with Crippen molar-refractivity contribution < 1.29 is 46.0 Å². The van der Waals surface area contributed by atoms with Gasteiger partial charge in [-0.3, -0.25) is 0 Å². The largest absolute Gasteiger partial charge is 0.508 e. The third-order valence-electron chi connectivity index (χ3n) is 17.7. The highest BCUT2D eigenvalue weighted by molar-refractivity contribution is 5.57. The Morgan fingerprint density at radius 3 is 0.791 bits per heavy atom. The summed E-state index contributed by atoms with van der Waals surface area (Å²) in [7, 11) is 0. The Labute approximate surface area is 504 Å². The molecule has 9 nitrogen and oxygen atoms in total. The Morgan fingerprint density at radius 2 is 0.523 bits per heavy atom. The van der Waals surface area contributed by atoms with Crippen molar-refractivity contribution in [3.05, 3.63) is 298 Å². The predicted molar refractivity (Wildman–Crippen MR) is 342 cm³/mol. The average molecular weight is 1150 g/mol. The second-order valence-electron chi connectivity index (χ2n) is 24.3. The van der Waals surface area contributed by atoms with Crippen molar-refractivity contribution in [3.8, 4) is 51.7 Å². The van der Waals surface area contributed by atoms with Crippen LogP contribution in [0.15, 0.2) is 170 Å². The first-order valence-electron chi connectivity index (χ1n) is 29.3. The normalized spacial score (nSPS) is 12.0. The van der Waals surface area contributed by atoms with Crippen LogP contribution in [-0.4, -0.2) is 46.0 Å². The number of rotatable bonds is 18. The zero-order valence-corrected chi connectivity index (χ0v) is 50.2. The summed E-state index contributed by atoms with van der Waals surface area (Å²) in [5, 5.41) is 99.2. The van der Waals surface area contributed by atoms with E-state index in [0.29, 0.717) is 56.1 Å². The molecule has 0 aliphatic heterocycles. The summed E-state index contributed by atoms with van der Waals surface area (Å²) in [4.78, 5) is 0. The highest BCUT2D eigenvalue weighted by Crippen LogP contribution is 2.43. The Morgan fingerprint density at radius 1 is 0.267 bits per heavy atom. The van der Waals surface area contributed by atoms with E-state index in [1.807, 2.05) is 77.9 Å². The lowest BCUT2D eigenvalue weighted by molar-refractivity contribution is 0.461. The molecule has 1 atom stereocenters. The molecule has 0 saturated heterocycles. The van der Waals surface area contributed by atoms with Gasteiger partial charge in [0, 0.05) is 49.9 Å². The summed E-state index contributed by atoms with van der Waals surface area (Å²) >= 11 is 0. The first-order valence-corrected chi connectivity index (χ1v) is 29.3. The molecule has 0 aliphatic rings. The van der Waals surface area contributed by atoms with Gasteiger partial charge in [-0.15, -0.1) is 0 Å². The summed E-state index contributed by atoms with van der Waals surface area (Å²) in [6.45, 7) is 16.1. The molecular weight excluding hydrogens is 1070 g/mol. The molecule has 438 valence electrons. The molecule has 0 saturated carbocycles. The van der Waals surface area contributed by atoms with E-state index in [-0.39, 0.29) is 57.7 Å². The van der Waals surface area contributed by atoms with Gasteiger partial charge < -0.3 is 46.0 Å². The van der Waals surface area contributed by atoms with Crippen LogP contribution in [0, 0.1) is 41.5 Å². The quantitative estimate of drug-likeness (QED) is 0.0404. The predicted octanol–water partition coefficient (Wildman–Crippen LogP) is 16.1. The second-order valence-corrected chi connectivity index (χ2v) is 24.3. The first kappa shape index (κ1) is 59.6. The van der Waals surface area contributed by atoms with Crippen LogP contribution in [0.25, 0.3) is 0 Å². The number of hydrogen-bond donors (Lipinski definition) is 9. The molecule has 0 aliphatic carbocycles. The van der Waals surface area contributed by atoms with Crippen LogP contribution in [0.2, 0.25) is 0 Å². The third-order valence-corrected chi connectivity index (χ3v) is 17.7. The monoisotopic (exact) mass is 1140 g/mol. The highest BCUT2D eigenvalue weighted by atomic mass is 16.3. The van der Waals surface area contributed by atoms with E-state index in [2.05, 4.69) is 74.5 Å². The van der Waals surface area contributed by atoms with Gasteiger partial charge in [-0.2, -0.15) is 0 Å². The average Bonchev–Trinajstić information content (AvgIpc) is 1.34. The van der Waals surface area contributed by atoms with E-state index in [4.69, 9.17) is 0 Å². The van der Waals surface area contributed by atoms with E-state index in [9.17, 15) is 46.0 Å². The van der Waals surface area contributed by atoms with E-state index in [0.717, 1.165) is 117 Å². The summed E-state index contributed by atoms with van der Waals surface area (Å²) in [5.74, 6) is 1.23. The smallest absolute Gasteiger partial charge is 0.122 e. The molecule has 0 spiro atoms. The SMILES string of the molecule is Cc1cc(O)ccc1Cc1cc(CC(c2ccc(C(C)(C)c3cc(Cc4ccc(O)cc4C)c(O)c(Cc4ccc(O)cc4C)c3)cc2)c2cc(Cc3ccc(O)cc3C)c(O)c(Cc3ccc(O)cc3C)c2)cc(Cc2ccc(O)cc2C)c1O. The van der Waals surface area contributed by atoms with Crippen LogP contribution in [0.5, 0.6) is 51.7 Å². The highest BCUT2D eigenvalue weighted by Gasteiger charge is 2.29. The van der Waals surface area contributed by atoms with Gasteiger partial charge in [0.1, 0.15) is 51.7 Å². The second kappa shape index (κ2) is 24.5. The molecule has 10 aromatic rings. The maximum Gasteiger partial charge on any atom is 0.122 e. The zero-order valence-electron chi connectivity index (χ0n) is 50.2. The molecule has 0 bridgehead atoms. The summed E-state index contributed by atoms with van der Waals surface area (Å²) in [5.41, 5.74) is 19.9. The number of hydrogen-bond acceptors (Lipinski definition) is 9. The molecule has 9 heteroatoms. The van der Waals surface area contributed by atoms with Gasteiger partial charge in [0.15, 0.2) is 0 Å². The lowest BCUT2D eigenvalue weighted by Gasteiger charge is -2.29. The molecule has 0 fully saturated rings. The van der Waals surface area contributed by atoms with Crippen molar-refractivity contribution in [2.45, 2.75) is 112 Å². The number of benzene rings is 10. The van der Waals surface area contributed by atoms with Crippen molar-refractivity contribution in [1.29, 1.82) is 0 Å². The maximum atomic E-state index is 12.4. The van der Waals surface area contributed by atoms with Gasteiger partial charge in [0.2, 0.25) is 0 Å². The molecule has 1 unspecified atom stereocenters. The van der Waals surface area contributed by atoms with Crippen LogP contribution < -0.4 is 0 Å². The van der Waals surface area contributed by atoms with Gasteiger partial charge in [0.25, 0.3) is 0 Å². The van der Waals surface area contributed by atoms with Crippen LogP contribution in [0.4, 0.5) is 0 Å². The molecule has 0 aromatic heterocycles. The third kappa shape index (κ3) is 13.2. The van der Waals surface area contributed by atoms with Crippen molar-refractivity contribution >= 4 is 0 Å². The van der Waals surface area contributed by atoms with E-state index < -0.39 is 5.41 Å². The van der Waals surface area contributed by atoms with E-state index >= 15 is 0 Å². The number of phenols is 9. The summed E-state index contributed by atoms with van der Waals surface area (Å²) in [6.07, 6.45) is 2.91. The van der Waals surface area contributed by atoms with Crippen LogP contribution in [0.3, 0.4) is 0 Å². The molecule has 86 heavy (non-hydrogen) atoms. The van der Waals surface area contributed by atoms with Gasteiger partial charge >= 0.3 is 0 Å². The van der Waals surface area contributed by atoms with E-state index in [1.54, 1.807) is 72.8 Å². The number of phenolic OH excluding ortho intramolecular Hbond substituents is 9. The topological polar surface area (TPSA) is 182 Å². The van der Waals surface area contributed by atoms with Crippen LogP contribution in [-0.2, 0) is 50.4 Å². The fourth-order valence-corrected chi connectivity index (χ4v) is 12.3. The molecule has 10 rings (SSSR count). The van der Waals surface area contributed by atoms with E-state index in [1.165, 1.54) is 0 Å². The minimum atomic E-state index is -0.596. The van der Waals surface area contributed by atoms with Crippen LogP contribution >= 0.6 is 0 Å². The molecule has 0 radical (unpaired) electrons. The minimum Gasteiger partial charge on any atom is -0.508 e. The Bertz CT molecular complexity index is 3970. The lowest BCUT2D eigenvalue weighted by atomic mass is 9.75. The van der Waals surface area contributed by atoms with Crippen LogP contribution in [0.1, 0.15) is 148 Å². The van der Waals surface area contributed by atoms with Gasteiger partial charge in [-0.05, 0) is 249 Å². The molecule has 0 amide bonds. The van der Waals surface area contributed by atoms with Gasteiger partial charge in [-0.25, -0.2) is 0 Å². The van der Waals surface area contributed by atoms with Crippen molar-refractivity contribution in [1.82, 2.24) is 0 Å². The number of aromatic hydroxyl groups is 9. The van der Waals surface area contributed by atoms with Gasteiger partial charge in [-0.1, -0.05) is 111 Å². The first-order chi connectivity index (χ1) is 40.9. The zero-order chi connectivity index (χ0) is 61.3. The molecule has 10 aromatic carbocycles. The van der Waals surface area contributed by atoms with Crippen molar-refractivity contribution in [2.75, 3.05) is 0 Å². The molecule has 0 heterocycles. The Kier molecular flexibility index (Phi) is 17.0. The fraction of sp³-hybridized carbons (Fsp3) is 0.221. The summed E-state index contributed by atoms with van der Waals surface area (Å²) in [6, 6.07) is 53.1. The molecular formula is C77H76O9. The number of aryl methyl sites for hydroxylation is 6. The van der Waals surface area contributed by atoms with Gasteiger partial charge in [0.05, 0.1) is 0 Å². The Balaban J connectivity index is 1.13. The van der Waals surface area contributed by atoms with Crippen molar-refractivity contribution in [3.63, 3.8) is 0 Å². The molecule has 9 N–H and O–H groups in total. The lowest BCUT2D eigenvalue weighted by Crippen LogP contribution is -2.20. The van der Waals surface area contributed by atoms with Crippen molar-refractivity contribution in [2.24, 2.45) is 0 Å². The fourth-order valence-electron chi connectivity index (χ4n) is 12.3. The standard InChI is InChI=1S/C77H76O9/c1-44-25-67(78)19-11-52(44)34-59-31-50(32-60(74(59)84)35-53-12-20-68(79)26-45(53)2)33-73(58-40-61(36-54-13-21-69(80)27-46(54)3)75(85)62(41-58)37-55-14-22-70(81)28-47(55)4)51-9-17-65(18-10-51)77(7,8)66-42-63(38-56-15-23-71(82)29-48(56)5)76(86)64(43-66)39-57-16-24-72(83)30-49(57)6/h9-32,40-43,73,78-86H,33-39H2,1-8H3. The minimum absolute atomic E-state index is 0.160. The summed E-state index contributed by atoms with van der Waals surface area (Å²) < 4.78 is 0.